The molecule has 1 aliphatic carbocycles. The van der Waals surface area contributed by atoms with E-state index < -0.39 is 0 Å². The lowest BCUT2D eigenvalue weighted by Gasteiger charge is -2.45. The summed E-state index contributed by atoms with van der Waals surface area (Å²) in [5, 5.41) is 7.79. The van der Waals surface area contributed by atoms with Crippen LogP contribution in [0.4, 0.5) is 10.1 Å². The standard InChI is InChI=1S/C35H49FN6O2/c1-21-18-41(19-22(2)38-21)34(40-31-13-14-35(6,7)25(5)24(31)4)39-27-10-12-29-32(16-27)37-20-42(33(29)43)23(3)15-26-9-11-28(44-8)17-30(26)36/h9-12,16-17,20-25,31,38H,13-15,18-19H2,1-8H3,(H,39,40)/t21-,22-,23+,24-,25-,31-/m0/s1. The van der Waals surface area contributed by atoms with E-state index in [9.17, 15) is 9.18 Å². The molecule has 1 aliphatic heterocycles. The van der Waals surface area contributed by atoms with Gasteiger partial charge < -0.3 is 20.3 Å². The van der Waals surface area contributed by atoms with Crippen LogP contribution in [0, 0.1) is 23.1 Å². The van der Waals surface area contributed by atoms with Crippen LogP contribution in [0.15, 0.2) is 52.5 Å². The molecule has 238 valence electrons. The smallest absolute Gasteiger partial charge is 0.261 e. The van der Waals surface area contributed by atoms with Crippen LogP contribution in [0.2, 0.25) is 0 Å². The highest BCUT2D eigenvalue weighted by atomic mass is 19.1. The maximum atomic E-state index is 14.6. The Morgan fingerprint density at radius 1 is 1.16 bits per heavy atom. The number of methoxy groups -OCH3 is 1. The van der Waals surface area contributed by atoms with E-state index in [1.54, 1.807) is 23.0 Å². The first-order chi connectivity index (χ1) is 20.9. The minimum atomic E-state index is -0.347. The first-order valence-corrected chi connectivity index (χ1v) is 16.1. The van der Waals surface area contributed by atoms with Crippen LogP contribution in [0.5, 0.6) is 5.75 Å². The van der Waals surface area contributed by atoms with Gasteiger partial charge in [-0.2, -0.15) is 0 Å². The summed E-state index contributed by atoms with van der Waals surface area (Å²) in [6, 6.07) is 11.2. The van der Waals surface area contributed by atoms with Crippen molar-refractivity contribution >= 4 is 22.5 Å². The van der Waals surface area contributed by atoms with Gasteiger partial charge in [-0.15, -0.1) is 0 Å². The van der Waals surface area contributed by atoms with Crippen LogP contribution < -0.4 is 20.9 Å². The minimum absolute atomic E-state index is 0.144. The van der Waals surface area contributed by atoms with Gasteiger partial charge in [0.15, 0.2) is 5.96 Å². The number of anilines is 1. The van der Waals surface area contributed by atoms with Crippen molar-refractivity contribution in [2.75, 3.05) is 25.5 Å². The van der Waals surface area contributed by atoms with Gasteiger partial charge in [-0.1, -0.05) is 33.8 Å². The molecule has 2 N–H and O–H groups in total. The maximum Gasteiger partial charge on any atom is 0.261 e. The number of benzene rings is 2. The Labute approximate surface area is 261 Å². The van der Waals surface area contributed by atoms with Crippen LogP contribution in [0.3, 0.4) is 0 Å². The van der Waals surface area contributed by atoms with Gasteiger partial charge in [0.2, 0.25) is 0 Å². The molecule has 2 aromatic carbocycles. The van der Waals surface area contributed by atoms with E-state index in [1.165, 1.54) is 13.2 Å². The number of hydrogen-bond acceptors (Lipinski definition) is 5. The van der Waals surface area contributed by atoms with E-state index >= 15 is 0 Å². The molecule has 6 atom stereocenters. The predicted octanol–water partition coefficient (Wildman–Crippen LogP) is 6.26. The van der Waals surface area contributed by atoms with Crippen molar-refractivity contribution in [3.05, 3.63) is 64.5 Å². The first kappa shape index (κ1) is 31.9. The second-order valence-corrected chi connectivity index (χ2v) is 13.9. The molecule has 1 saturated carbocycles. The normalized spacial score (nSPS) is 26.4. The molecule has 0 spiro atoms. The van der Waals surface area contributed by atoms with Gasteiger partial charge >= 0.3 is 0 Å². The predicted molar refractivity (Wildman–Crippen MR) is 177 cm³/mol. The number of aromatic nitrogens is 2. The summed E-state index contributed by atoms with van der Waals surface area (Å²) in [6.45, 7) is 17.5. The SMILES string of the molecule is COc1ccc(C[C@@H](C)n2cnc3cc(NC(=N[C@H]4CCC(C)(C)[C@@H](C)[C@@H]4C)N4C[C@H](C)N[C@@H](C)C4)ccc3c2=O)c(F)c1. The van der Waals surface area contributed by atoms with Crippen molar-refractivity contribution in [2.24, 2.45) is 22.2 Å². The Hall–Kier alpha value is -3.46. The van der Waals surface area contributed by atoms with Gasteiger partial charge in [0.25, 0.3) is 5.56 Å². The lowest BCUT2D eigenvalue weighted by molar-refractivity contribution is 0.0827. The van der Waals surface area contributed by atoms with Gasteiger partial charge in [0.05, 0.1) is 30.4 Å². The molecule has 1 aromatic heterocycles. The number of halogens is 1. The molecule has 9 heteroatoms. The third-order valence-electron chi connectivity index (χ3n) is 10.1. The Kier molecular flexibility index (Phi) is 9.35. The number of fused-ring (bicyclic) bond motifs is 1. The molecule has 0 bridgehead atoms. The molecular weight excluding hydrogens is 555 g/mol. The largest absolute Gasteiger partial charge is 0.497 e. The molecule has 2 fully saturated rings. The number of guanidine groups is 1. The summed E-state index contributed by atoms with van der Waals surface area (Å²) in [7, 11) is 1.51. The fraction of sp³-hybridized carbons (Fsp3) is 0.571. The van der Waals surface area contributed by atoms with E-state index in [1.807, 2.05) is 25.1 Å². The van der Waals surface area contributed by atoms with Gasteiger partial charge in [-0.25, -0.2) is 14.4 Å². The van der Waals surface area contributed by atoms with Crippen molar-refractivity contribution in [3.63, 3.8) is 0 Å². The first-order valence-electron chi connectivity index (χ1n) is 16.1. The quantitative estimate of drug-likeness (QED) is 0.255. The fourth-order valence-corrected chi connectivity index (χ4v) is 6.98. The maximum absolute atomic E-state index is 14.6. The average molecular weight is 605 g/mol. The molecule has 1 saturated heterocycles. The number of nitrogens with zero attached hydrogens (tertiary/aromatic N) is 4. The summed E-state index contributed by atoms with van der Waals surface area (Å²) < 4.78 is 21.3. The van der Waals surface area contributed by atoms with Crippen molar-refractivity contribution in [3.8, 4) is 5.75 Å². The Balaban J connectivity index is 1.41. The van der Waals surface area contributed by atoms with Crippen LogP contribution in [0.1, 0.15) is 72.9 Å². The van der Waals surface area contributed by atoms with Crippen molar-refractivity contribution in [2.45, 2.75) is 91.9 Å². The molecular formula is C35H49FN6O2. The molecule has 2 aliphatic rings. The topological polar surface area (TPSA) is 83.8 Å². The summed E-state index contributed by atoms with van der Waals surface area (Å²) in [6.07, 6.45) is 4.16. The fourth-order valence-electron chi connectivity index (χ4n) is 6.98. The van der Waals surface area contributed by atoms with Gasteiger partial charge in [0.1, 0.15) is 11.6 Å². The zero-order valence-electron chi connectivity index (χ0n) is 27.5. The van der Waals surface area contributed by atoms with E-state index in [0.29, 0.717) is 58.0 Å². The van der Waals surface area contributed by atoms with Gasteiger partial charge in [-0.05, 0) is 87.1 Å². The molecule has 2 heterocycles. The number of aliphatic imine (C=N–C) groups is 1. The zero-order chi connectivity index (χ0) is 31.8. The molecule has 0 amide bonds. The summed E-state index contributed by atoms with van der Waals surface area (Å²) >= 11 is 0. The summed E-state index contributed by atoms with van der Waals surface area (Å²) in [4.78, 5) is 25.9. The lowest BCUT2D eigenvalue weighted by Crippen LogP contribution is -2.57. The number of rotatable bonds is 6. The number of nitrogens with one attached hydrogen (secondary N) is 2. The van der Waals surface area contributed by atoms with Crippen LogP contribution >= 0.6 is 0 Å². The molecule has 5 rings (SSSR count). The third kappa shape index (κ3) is 6.77. The molecule has 0 unspecified atom stereocenters. The summed E-state index contributed by atoms with van der Waals surface area (Å²) in [5.74, 6) is 2.05. The van der Waals surface area contributed by atoms with E-state index in [2.05, 4.69) is 62.1 Å². The molecule has 3 aromatic rings. The molecule has 44 heavy (non-hydrogen) atoms. The Morgan fingerprint density at radius 2 is 1.89 bits per heavy atom. The highest BCUT2D eigenvalue weighted by Gasteiger charge is 2.39. The molecule has 8 nitrogen and oxygen atoms in total. The van der Waals surface area contributed by atoms with E-state index in [-0.39, 0.29) is 23.5 Å². The number of ether oxygens (including phenoxy) is 1. The minimum Gasteiger partial charge on any atom is -0.497 e. The van der Waals surface area contributed by atoms with E-state index in [0.717, 1.165) is 37.6 Å². The highest BCUT2D eigenvalue weighted by Crippen LogP contribution is 2.44. The van der Waals surface area contributed by atoms with Gasteiger partial charge in [0, 0.05) is 43.0 Å². The Morgan fingerprint density at radius 3 is 2.57 bits per heavy atom. The zero-order valence-corrected chi connectivity index (χ0v) is 27.5. The monoisotopic (exact) mass is 604 g/mol. The van der Waals surface area contributed by atoms with Crippen molar-refractivity contribution < 1.29 is 9.13 Å². The number of hydrogen-bond donors (Lipinski definition) is 2. The van der Waals surface area contributed by atoms with Crippen LogP contribution in [-0.4, -0.2) is 58.7 Å². The summed E-state index contributed by atoms with van der Waals surface area (Å²) in [5.41, 5.74) is 2.16. The second kappa shape index (κ2) is 12.9. The highest BCUT2D eigenvalue weighted by molar-refractivity contribution is 5.96. The lowest BCUT2D eigenvalue weighted by atomic mass is 9.63. The van der Waals surface area contributed by atoms with Crippen molar-refractivity contribution in [1.29, 1.82) is 0 Å². The Bertz CT molecular complexity index is 1560. The van der Waals surface area contributed by atoms with Gasteiger partial charge in [-0.3, -0.25) is 9.36 Å². The third-order valence-corrected chi connectivity index (χ3v) is 10.1. The van der Waals surface area contributed by atoms with Crippen molar-refractivity contribution in [1.82, 2.24) is 19.8 Å². The number of piperazine rings is 1. The van der Waals surface area contributed by atoms with Crippen LogP contribution in [-0.2, 0) is 6.42 Å². The van der Waals surface area contributed by atoms with Crippen LogP contribution in [0.25, 0.3) is 10.9 Å². The van der Waals surface area contributed by atoms with E-state index in [4.69, 9.17) is 9.73 Å². The second-order valence-electron chi connectivity index (χ2n) is 13.9. The average Bonchev–Trinajstić information content (AvgIpc) is 2.97. The molecule has 0 radical (unpaired) electrons.